The van der Waals surface area contributed by atoms with Crippen LogP contribution in [-0.4, -0.2) is 43.8 Å². The molecule has 3 aliphatic rings. The molecule has 120 valence electrons. The van der Waals surface area contributed by atoms with Crippen molar-refractivity contribution >= 4 is 18.3 Å². The van der Waals surface area contributed by atoms with Gasteiger partial charge in [-0.3, -0.25) is 4.79 Å². The fourth-order valence-electron chi connectivity index (χ4n) is 3.68. The summed E-state index contributed by atoms with van der Waals surface area (Å²) >= 11 is 0. The van der Waals surface area contributed by atoms with Crippen molar-refractivity contribution in [2.24, 2.45) is 5.41 Å². The van der Waals surface area contributed by atoms with Crippen LogP contribution in [0.4, 0.5) is 0 Å². The second-order valence-electron chi connectivity index (χ2n) is 6.26. The molecule has 0 atom stereocenters. The number of hydrogen-bond acceptors (Lipinski definition) is 4. The minimum absolute atomic E-state index is 0. The third-order valence-corrected chi connectivity index (χ3v) is 5.07. The highest BCUT2D eigenvalue weighted by Gasteiger charge is 2.38. The highest BCUT2D eigenvalue weighted by molar-refractivity contribution is 5.98. The SMILES string of the molecule is Cl.O=C(c1cccc2c1OCO2)N1CCC2(CCNC2)CC1. The number of nitrogens with zero attached hydrogens (tertiary/aromatic N) is 1. The second-order valence-corrected chi connectivity index (χ2v) is 6.26. The molecular weight excluding hydrogens is 304 g/mol. The fourth-order valence-corrected chi connectivity index (χ4v) is 3.68. The van der Waals surface area contributed by atoms with Crippen molar-refractivity contribution in [3.63, 3.8) is 0 Å². The van der Waals surface area contributed by atoms with Crippen molar-refractivity contribution in [2.45, 2.75) is 19.3 Å². The van der Waals surface area contributed by atoms with Gasteiger partial charge in [0.25, 0.3) is 5.91 Å². The number of carbonyl (C=O) groups excluding carboxylic acids is 1. The van der Waals surface area contributed by atoms with Crippen molar-refractivity contribution in [2.75, 3.05) is 33.0 Å². The lowest BCUT2D eigenvalue weighted by Gasteiger charge is -2.39. The van der Waals surface area contributed by atoms with Crippen LogP contribution in [0.25, 0.3) is 0 Å². The van der Waals surface area contributed by atoms with Gasteiger partial charge in [0.1, 0.15) is 0 Å². The molecule has 5 nitrogen and oxygen atoms in total. The van der Waals surface area contributed by atoms with Gasteiger partial charge in [0.05, 0.1) is 5.56 Å². The van der Waals surface area contributed by atoms with Gasteiger partial charge in [0.2, 0.25) is 6.79 Å². The third kappa shape index (κ3) is 2.52. The summed E-state index contributed by atoms with van der Waals surface area (Å²) in [6.45, 7) is 4.10. The first-order valence-electron chi connectivity index (χ1n) is 7.66. The Morgan fingerprint density at radius 3 is 2.73 bits per heavy atom. The summed E-state index contributed by atoms with van der Waals surface area (Å²) in [5, 5.41) is 3.45. The molecule has 1 aromatic rings. The van der Waals surface area contributed by atoms with Gasteiger partial charge in [-0.1, -0.05) is 6.07 Å². The number of benzene rings is 1. The molecule has 3 aliphatic heterocycles. The van der Waals surface area contributed by atoms with Gasteiger partial charge in [-0.15, -0.1) is 12.4 Å². The maximum atomic E-state index is 12.7. The minimum atomic E-state index is 0. The molecule has 1 spiro atoms. The van der Waals surface area contributed by atoms with Crippen LogP contribution in [0.3, 0.4) is 0 Å². The topological polar surface area (TPSA) is 50.8 Å². The van der Waals surface area contributed by atoms with Crippen LogP contribution in [0.1, 0.15) is 29.6 Å². The molecule has 0 radical (unpaired) electrons. The average molecular weight is 325 g/mol. The molecule has 2 fully saturated rings. The summed E-state index contributed by atoms with van der Waals surface area (Å²) in [6.07, 6.45) is 3.43. The fraction of sp³-hybridized carbons (Fsp3) is 0.562. The monoisotopic (exact) mass is 324 g/mol. The van der Waals surface area contributed by atoms with Gasteiger partial charge >= 0.3 is 0 Å². The Bertz CT molecular complexity index is 563. The van der Waals surface area contributed by atoms with Crippen molar-refractivity contribution in [3.05, 3.63) is 23.8 Å². The maximum absolute atomic E-state index is 12.7. The molecule has 0 aliphatic carbocycles. The predicted molar refractivity (Wildman–Crippen MR) is 84.9 cm³/mol. The van der Waals surface area contributed by atoms with Crippen LogP contribution in [0.5, 0.6) is 11.5 Å². The van der Waals surface area contributed by atoms with Crippen molar-refractivity contribution < 1.29 is 14.3 Å². The van der Waals surface area contributed by atoms with Crippen LogP contribution >= 0.6 is 12.4 Å². The minimum Gasteiger partial charge on any atom is -0.454 e. The summed E-state index contributed by atoms with van der Waals surface area (Å²) in [5.41, 5.74) is 1.06. The Morgan fingerprint density at radius 2 is 2.00 bits per heavy atom. The molecular formula is C16H21ClN2O3. The predicted octanol–water partition coefficient (Wildman–Crippen LogP) is 2.05. The lowest BCUT2D eigenvalue weighted by atomic mass is 9.78. The van der Waals surface area contributed by atoms with E-state index in [4.69, 9.17) is 9.47 Å². The molecule has 0 bridgehead atoms. The molecule has 2 saturated heterocycles. The van der Waals surface area contributed by atoms with E-state index in [0.29, 0.717) is 22.5 Å². The zero-order chi connectivity index (χ0) is 14.3. The number of piperidine rings is 1. The van der Waals surface area contributed by atoms with Gasteiger partial charge in [-0.2, -0.15) is 0 Å². The number of rotatable bonds is 1. The van der Waals surface area contributed by atoms with E-state index in [1.54, 1.807) is 0 Å². The Morgan fingerprint density at radius 1 is 1.18 bits per heavy atom. The highest BCUT2D eigenvalue weighted by Crippen LogP contribution is 2.39. The van der Waals surface area contributed by atoms with Crippen molar-refractivity contribution in [3.8, 4) is 11.5 Å². The highest BCUT2D eigenvalue weighted by atomic mass is 35.5. The number of fused-ring (bicyclic) bond motifs is 1. The van der Waals surface area contributed by atoms with E-state index in [2.05, 4.69) is 5.32 Å². The number of ether oxygens (including phenoxy) is 2. The lowest BCUT2D eigenvalue weighted by molar-refractivity contribution is 0.0603. The quantitative estimate of drug-likeness (QED) is 0.859. The molecule has 1 amide bonds. The van der Waals surface area contributed by atoms with Gasteiger partial charge in [-0.05, 0) is 43.4 Å². The van der Waals surface area contributed by atoms with Gasteiger partial charge in [0.15, 0.2) is 11.5 Å². The van der Waals surface area contributed by atoms with E-state index in [9.17, 15) is 4.79 Å². The first-order valence-corrected chi connectivity index (χ1v) is 7.66. The molecule has 1 N–H and O–H groups in total. The second kappa shape index (κ2) is 5.97. The number of carbonyl (C=O) groups is 1. The summed E-state index contributed by atoms with van der Waals surface area (Å²) < 4.78 is 10.8. The smallest absolute Gasteiger partial charge is 0.257 e. The Hall–Kier alpha value is -1.46. The summed E-state index contributed by atoms with van der Waals surface area (Å²) in [6, 6.07) is 5.53. The van der Waals surface area contributed by atoms with Gasteiger partial charge in [-0.25, -0.2) is 0 Å². The number of amides is 1. The van der Waals surface area contributed by atoms with E-state index in [-0.39, 0.29) is 25.1 Å². The lowest BCUT2D eigenvalue weighted by Crippen LogP contribution is -2.44. The Kier molecular flexibility index (Phi) is 4.19. The third-order valence-electron chi connectivity index (χ3n) is 5.07. The van der Waals surface area contributed by atoms with Crippen LogP contribution in [-0.2, 0) is 0 Å². The first-order chi connectivity index (χ1) is 10.3. The van der Waals surface area contributed by atoms with Crippen molar-refractivity contribution in [1.29, 1.82) is 0 Å². The summed E-state index contributed by atoms with van der Waals surface area (Å²) in [5.74, 6) is 1.35. The van der Waals surface area contributed by atoms with E-state index in [1.807, 2.05) is 23.1 Å². The van der Waals surface area contributed by atoms with E-state index in [1.165, 1.54) is 6.42 Å². The summed E-state index contributed by atoms with van der Waals surface area (Å²) in [7, 11) is 0. The Balaban J connectivity index is 0.00000144. The molecule has 1 aromatic carbocycles. The van der Waals surface area contributed by atoms with Crippen molar-refractivity contribution in [1.82, 2.24) is 10.2 Å². The molecule has 22 heavy (non-hydrogen) atoms. The number of para-hydroxylation sites is 1. The molecule has 4 rings (SSSR count). The number of nitrogens with one attached hydrogen (secondary N) is 1. The summed E-state index contributed by atoms with van der Waals surface area (Å²) in [4.78, 5) is 14.7. The van der Waals surface area contributed by atoms with Gasteiger partial charge in [0, 0.05) is 19.6 Å². The molecule has 3 heterocycles. The van der Waals surface area contributed by atoms with E-state index >= 15 is 0 Å². The van der Waals surface area contributed by atoms with Crippen LogP contribution < -0.4 is 14.8 Å². The standard InChI is InChI=1S/C16H20N2O3.ClH/c19-15(12-2-1-3-13-14(12)21-11-20-13)18-8-5-16(6-9-18)4-7-17-10-16;/h1-3,17H,4-11H2;1H. The largest absolute Gasteiger partial charge is 0.454 e. The number of hydrogen-bond donors (Lipinski definition) is 1. The molecule has 0 saturated carbocycles. The number of likely N-dealkylation sites (tertiary alicyclic amines) is 1. The van der Waals surface area contributed by atoms with Crippen LogP contribution in [0.2, 0.25) is 0 Å². The maximum Gasteiger partial charge on any atom is 0.257 e. The average Bonchev–Trinajstić information content (AvgIpc) is 3.16. The Labute approximate surface area is 136 Å². The molecule has 0 unspecified atom stereocenters. The van der Waals surface area contributed by atoms with Crippen LogP contribution in [0, 0.1) is 5.41 Å². The molecule has 0 aromatic heterocycles. The normalized spacial score (nSPS) is 21.7. The van der Waals surface area contributed by atoms with E-state index < -0.39 is 0 Å². The first kappa shape index (κ1) is 15.4. The van der Waals surface area contributed by atoms with Crippen LogP contribution in [0.15, 0.2) is 18.2 Å². The molecule has 6 heteroatoms. The van der Waals surface area contributed by atoms with E-state index in [0.717, 1.165) is 39.0 Å². The zero-order valence-electron chi connectivity index (χ0n) is 12.5. The van der Waals surface area contributed by atoms with Gasteiger partial charge < -0.3 is 19.7 Å². The number of halogens is 1. The zero-order valence-corrected chi connectivity index (χ0v) is 13.3.